The quantitative estimate of drug-likeness (QED) is 0.249. The van der Waals surface area contributed by atoms with E-state index in [1.54, 1.807) is 13.0 Å². The highest BCUT2D eigenvalue weighted by Crippen LogP contribution is 2.31. The van der Waals surface area contributed by atoms with Crippen molar-refractivity contribution in [1.82, 2.24) is 15.3 Å². The second-order valence-electron chi connectivity index (χ2n) is 8.97. The monoisotopic (exact) mass is 535 g/mol. The average Bonchev–Trinajstić information content (AvgIpc) is 2.83. The molecule has 1 unspecified atom stereocenters. The van der Waals surface area contributed by atoms with E-state index in [1.807, 2.05) is 20.8 Å². The van der Waals surface area contributed by atoms with Crippen molar-refractivity contribution in [1.29, 1.82) is 0 Å². The second-order valence-corrected chi connectivity index (χ2v) is 9.84. The summed E-state index contributed by atoms with van der Waals surface area (Å²) in [6.45, 7) is 8.11. The molecule has 0 aliphatic rings. The molecule has 3 atom stereocenters. The Balaban J connectivity index is 2.39. The molecule has 1 heterocycles. The van der Waals surface area contributed by atoms with E-state index in [0.29, 0.717) is 29.1 Å². The lowest BCUT2D eigenvalue weighted by molar-refractivity contribution is -0.123. The van der Waals surface area contributed by atoms with Gasteiger partial charge < -0.3 is 20.1 Å². The molecule has 0 spiro atoms. The van der Waals surface area contributed by atoms with Crippen LogP contribution in [0.15, 0.2) is 30.3 Å². The van der Waals surface area contributed by atoms with Gasteiger partial charge in [0.15, 0.2) is 0 Å². The molecule has 2 aromatic rings. The van der Waals surface area contributed by atoms with Crippen molar-refractivity contribution in [2.45, 2.75) is 71.5 Å². The van der Waals surface area contributed by atoms with Gasteiger partial charge in [0.1, 0.15) is 5.82 Å². The van der Waals surface area contributed by atoms with Gasteiger partial charge in [-0.3, -0.25) is 13.3 Å². The van der Waals surface area contributed by atoms with Crippen LogP contribution in [-0.2, 0) is 16.1 Å². The maximum Gasteiger partial charge on any atom is 0.237 e. The Kier molecular flexibility index (Phi) is 12.3. The number of halogens is 1. The average molecular weight is 536 g/mol. The zero-order valence-corrected chi connectivity index (χ0v) is 22.5. The number of amides is 1. The SMILES string of the molecule is CCCCNC(=O)C[C@H](O)C[C@H](O)/C=C/c1c(-c2ccc(F)cc2)nc(N(CC)S(=O)[O-])nc1C(C)C. The van der Waals surface area contributed by atoms with E-state index in [-0.39, 0.29) is 37.2 Å². The van der Waals surface area contributed by atoms with Crippen LogP contribution in [-0.4, -0.2) is 60.1 Å². The molecule has 204 valence electrons. The summed E-state index contributed by atoms with van der Waals surface area (Å²) in [5.41, 5.74) is 1.98. The fourth-order valence-corrected chi connectivity index (χ4v) is 4.10. The maximum absolute atomic E-state index is 13.6. The van der Waals surface area contributed by atoms with E-state index in [4.69, 9.17) is 0 Å². The summed E-state index contributed by atoms with van der Waals surface area (Å²) in [6.07, 6.45) is 2.60. The number of benzene rings is 1. The highest BCUT2D eigenvalue weighted by atomic mass is 32.2. The van der Waals surface area contributed by atoms with Crippen LogP contribution in [0.3, 0.4) is 0 Å². The number of anilines is 1. The molecule has 0 radical (unpaired) electrons. The van der Waals surface area contributed by atoms with Gasteiger partial charge in [-0.2, -0.15) is 0 Å². The van der Waals surface area contributed by atoms with E-state index in [0.717, 1.165) is 17.1 Å². The third kappa shape index (κ3) is 9.26. The largest absolute Gasteiger partial charge is 0.755 e. The predicted octanol–water partition coefficient (Wildman–Crippen LogP) is 3.46. The molecule has 37 heavy (non-hydrogen) atoms. The van der Waals surface area contributed by atoms with Crippen molar-refractivity contribution >= 4 is 29.2 Å². The fraction of sp³-hybridized carbons (Fsp3) is 0.500. The van der Waals surface area contributed by atoms with E-state index in [2.05, 4.69) is 15.3 Å². The smallest absolute Gasteiger partial charge is 0.237 e. The maximum atomic E-state index is 13.6. The van der Waals surface area contributed by atoms with Gasteiger partial charge in [-0.15, -0.1) is 0 Å². The minimum Gasteiger partial charge on any atom is -0.755 e. The summed E-state index contributed by atoms with van der Waals surface area (Å²) in [5.74, 6) is -0.869. The number of aliphatic hydroxyl groups excluding tert-OH is 2. The Labute approximate surface area is 220 Å². The number of nitrogens with one attached hydrogen (secondary N) is 1. The number of carbonyl (C=O) groups is 1. The molecule has 0 aliphatic heterocycles. The lowest BCUT2D eigenvalue weighted by Gasteiger charge is -2.25. The van der Waals surface area contributed by atoms with Gasteiger partial charge in [0.25, 0.3) is 0 Å². The first-order valence-corrected chi connectivity index (χ1v) is 13.5. The van der Waals surface area contributed by atoms with Crippen LogP contribution in [0.2, 0.25) is 0 Å². The van der Waals surface area contributed by atoms with Crippen LogP contribution in [0, 0.1) is 5.82 Å². The molecule has 0 saturated carbocycles. The van der Waals surface area contributed by atoms with E-state index >= 15 is 0 Å². The van der Waals surface area contributed by atoms with Crippen LogP contribution in [0.25, 0.3) is 17.3 Å². The van der Waals surface area contributed by atoms with E-state index in [1.165, 1.54) is 30.3 Å². The molecule has 0 saturated heterocycles. The Morgan fingerprint density at radius 3 is 2.46 bits per heavy atom. The van der Waals surface area contributed by atoms with Gasteiger partial charge in [-0.25, -0.2) is 14.4 Å². The van der Waals surface area contributed by atoms with Gasteiger partial charge >= 0.3 is 0 Å². The molecule has 9 nitrogen and oxygen atoms in total. The third-order valence-electron chi connectivity index (χ3n) is 5.59. The number of rotatable bonds is 14. The van der Waals surface area contributed by atoms with Crippen molar-refractivity contribution in [3.8, 4) is 11.3 Å². The molecule has 0 aliphatic carbocycles. The number of aromatic nitrogens is 2. The predicted molar refractivity (Wildman–Crippen MR) is 142 cm³/mol. The number of nitrogens with zero attached hydrogens (tertiary/aromatic N) is 3. The number of aliphatic hydroxyl groups is 2. The standard InChI is InChI=1S/C26H37FN4O5S/c1-5-7-14-28-23(34)16-21(33)15-20(32)12-13-22-24(17(3)4)29-26(31(6-2)37(35)36)30-25(22)18-8-10-19(27)11-9-18/h8-13,17,20-21,32-33H,5-7,14-16H2,1-4H3,(H,28,34)(H,35,36)/p-1/b13-12+/t20-,21-/m1/s1. The number of hydrogen-bond donors (Lipinski definition) is 3. The summed E-state index contributed by atoms with van der Waals surface area (Å²) < 4.78 is 38.1. The Bertz CT molecular complexity index is 1080. The van der Waals surface area contributed by atoms with Crippen LogP contribution in [0.4, 0.5) is 10.3 Å². The minimum absolute atomic E-state index is 0.0129. The van der Waals surface area contributed by atoms with E-state index in [9.17, 15) is 28.2 Å². The van der Waals surface area contributed by atoms with Gasteiger partial charge in [0, 0.05) is 41.9 Å². The van der Waals surface area contributed by atoms with Crippen molar-refractivity contribution in [2.24, 2.45) is 0 Å². The molecule has 0 fully saturated rings. The zero-order chi connectivity index (χ0) is 27.5. The Morgan fingerprint density at radius 2 is 1.89 bits per heavy atom. The van der Waals surface area contributed by atoms with Crippen LogP contribution >= 0.6 is 0 Å². The van der Waals surface area contributed by atoms with Crippen LogP contribution < -0.4 is 9.62 Å². The van der Waals surface area contributed by atoms with Crippen molar-refractivity contribution in [2.75, 3.05) is 17.4 Å². The summed E-state index contributed by atoms with van der Waals surface area (Å²) in [7, 11) is 0. The molecule has 11 heteroatoms. The third-order valence-corrected chi connectivity index (χ3v) is 6.37. The van der Waals surface area contributed by atoms with Crippen LogP contribution in [0.5, 0.6) is 0 Å². The second kappa shape index (κ2) is 14.9. The molecule has 2 rings (SSSR count). The first kappa shape index (κ1) is 30.5. The molecule has 1 aromatic heterocycles. The van der Waals surface area contributed by atoms with Crippen molar-refractivity contribution in [3.63, 3.8) is 0 Å². The topological polar surface area (TPSA) is 139 Å². The normalized spacial score (nSPS) is 14.1. The van der Waals surface area contributed by atoms with Crippen molar-refractivity contribution in [3.05, 3.63) is 47.4 Å². The van der Waals surface area contributed by atoms with Crippen molar-refractivity contribution < 1.29 is 28.2 Å². The Morgan fingerprint density at radius 1 is 1.22 bits per heavy atom. The highest BCUT2D eigenvalue weighted by Gasteiger charge is 2.21. The lowest BCUT2D eigenvalue weighted by atomic mass is 9.97. The first-order chi connectivity index (χ1) is 17.6. The van der Waals surface area contributed by atoms with Gasteiger partial charge in [-0.05, 0) is 43.5 Å². The fourth-order valence-electron chi connectivity index (χ4n) is 3.67. The van der Waals surface area contributed by atoms with Gasteiger partial charge in [-0.1, -0.05) is 39.3 Å². The summed E-state index contributed by atoms with van der Waals surface area (Å²) in [6, 6.07) is 5.62. The first-order valence-electron chi connectivity index (χ1n) is 12.4. The molecule has 1 amide bonds. The Hall–Kier alpha value is -2.73. The van der Waals surface area contributed by atoms with Crippen LogP contribution in [0.1, 0.15) is 70.6 Å². The minimum atomic E-state index is -2.60. The summed E-state index contributed by atoms with van der Waals surface area (Å²) in [5, 5.41) is 23.5. The summed E-state index contributed by atoms with van der Waals surface area (Å²) in [4.78, 5) is 20.9. The molecular weight excluding hydrogens is 499 g/mol. The number of hydrogen-bond acceptors (Lipinski definition) is 7. The molecule has 0 bridgehead atoms. The number of unbranched alkanes of at least 4 members (excludes halogenated alkanes) is 1. The zero-order valence-electron chi connectivity index (χ0n) is 21.7. The molecular formula is C26H36FN4O5S-. The molecule has 1 aromatic carbocycles. The van der Waals surface area contributed by atoms with Gasteiger partial charge in [0.05, 0.1) is 30.0 Å². The van der Waals surface area contributed by atoms with Gasteiger partial charge in [0.2, 0.25) is 11.9 Å². The highest BCUT2D eigenvalue weighted by molar-refractivity contribution is 7.80. The summed E-state index contributed by atoms with van der Waals surface area (Å²) >= 11 is -2.60. The number of carbonyl (C=O) groups excluding carboxylic acids is 1. The van der Waals surface area contributed by atoms with E-state index < -0.39 is 29.3 Å². The molecule has 3 N–H and O–H groups in total. The lowest BCUT2D eigenvalue weighted by Crippen LogP contribution is -2.29.